The monoisotopic (exact) mass is 260 g/mol. The van der Waals surface area contributed by atoms with Crippen LogP contribution in [0, 0.1) is 11.3 Å². The number of nitrogen functional groups attached to an aromatic ring is 1. The quantitative estimate of drug-likeness (QED) is 0.707. The van der Waals surface area contributed by atoms with Crippen molar-refractivity contribution in [3.05, 3.63) is 17.7 Å². The Morgan fingerprint density at radius 3 is 2.63 bits per heavy atom. The lowest BCUT2D eigenvalue weighted by Gasteiger charge is -2.30. The molecule has 1 aromatic rings. The van der Waals surface area contributed by atoms with Crippen molar-refractivity contribution < 1.29 is 9.90 Å². The minimum Gasteiger partial charge on any atom is -0.465 e. The average molecular weight is 260 g/mol. The van der Waals surface area contributed by atoms with Gasteiger partial charge in [-0.25, -0.2) is 4.79 Å². The highest BCUT2D eigenvalue weighted by molar-refractivity contribution is 5.90. The molecule has 0 unspecified atom stereocenters. The summed E-state index contributed by atoms with van der Waals surface area (Å²) >= 11 is 0. The van der Waals surface area contributed by atoms with Crippen LogP contribution in [0.15, 0.2) is 12.1 Å². The topological polar surface area (TPSA) is 102 Å². The SMILES string of the molecule is N#Cc1cc(N)c(NC(=O)O)cc1N1CCCCC1. The van der Waals surface area contributed by atoms with Gasteiger partial charge in [0.05, 0.1) is 22.6 Å². The Morgan fingerprint density at radius 2 is 2.05 bits per heavy atom. The first-order chi connectivity index (χ1) is 9.11. The van der Waals surface area contributed by atoms with Crippen molar-refractivity contribution in [1.82, 2.24) is 0 Å². The average Bonchev–Trinajstić information content (AvgIpc) is 2.41. The van der Waals surface area contributed by atoms with Gasteiger partial charge in [-0.1, -0.05) is 0 Å². The smallest absolute Gasteiger partial charge is 0.409 e. The van der Waals surface area contributed by atoms with Gasteiger partial charge in [0.1, 0.15) is 6.07 Å². The minimum absolute atomic E-state index is 0.264. The van der Waals surface area contributed by atoms with E-state index in [0.717, 1.165) is 31.6 Å². The third kappa shape index (κ3) is 2.88. The molecule has 0 radical (unpaired) electrons. The van der Waals surface area contributed by atoms with Crippen LogP contribution in [0.25, 0.3) is 0 Å². The van der Waals surface area contributed by atoms with E-state index < -0.39 is 6.09 Å². The van der Waals surface area contributed by atoms with Gasteiger partial charge in [-0.05, 0) is 31.4 Å². The summed E-state index contributed by atoms with van der Waals surface area (Å²) in [6, 6.07) is 5.29. The van der Waals surface area contributed by atoms with Crippen LogP contribution < -0.4 is 16.0 Å². The van der Waals surface area contributed by atoms with E-state index in [-0.39, 0.29) is 5.69 Å². The van der Waals surface area contributed by atoms with Crippen molar-refractivity contribution in [2.45, 2.75) is 19.3 Å². The van der Waals surface area contributed by atoms with Crippen molar-refractivity contribution in [3.63, 3.8) is 0 Å². The molecule has 0 aromatic heterocycles. The number of amides is 1. The molecule has 1 aliphatic rings. The summed E-state index contributed by atoms with van der Waals surface area (Å²) < 4.78 is 0. The van der Waals surface area contributed by atoms with E-state index in [1.54, 1.807) is 6.07 Å². The Kier molecular flexibility index (Phi) is 3.76. The Hall–Kier alpha value is -2.42. The molecule has 2 rings (SSSR count). The van der Waals surface area contributed by atoms with E-state index in [2.05, 4.69) is 16.3 Å². The van der Waals surface area contributed by atoms with Crippen LogP contribution in [-0.2, 0) is 0 Å². The minimum atomic E-state index is -1.17. The van der Waals surface area contributed by atoms with Crippen LogP contribution in [0.5, 0.6) is 0 Å². The maximum Gasteiger partial charge on any atom is 0.409 e. The summed E-state index contributed by atoms with van der Waals surface area (Å²) in [6.07, 6.45) is 2.18. The number of nitrogens with zero attached hydrogens (tertiary/aromatic N) is 2. The van der Waals surface area contributed by atoms with E-state index in [4.69, 9.17) is 10.8 Å². The van der Waals surface area contributed by atoms with Crippen molar-refractivity contribution >= 4 is 23.2 Å². The van der Waals surface area contributed by atoms with Crippen LogP contribution in [0.1, 0.15) is 24.8 Å². The molecule has 1 aliphatic heterocycles. The molecular weight excluding hydrogens is 244 g/mol. The third-order valence-electron chi connectivity index (χ3n) is 3.23. The second kappa shape index (κ2) is 5.48. The molecule has 1 heterocycles. The zero-order valence-electron chi connectivity index (χ0n) is 10.5. The molecule has 19 heavy (non-hydrogen) atoms. The maximum absolute atomic E-state index is 10.7. The number of carboxylic acid groups (broad SMARTS) is 1. The number of piperidine rings is 1. The molecule has 0 saturated carbocycles. The molecule has 100 valence electrons. The highest BCUT2D eigenvalue weighted by Crippen LogP contribution is 2.31. The van der Waals surface area contributed by atoms with Gasteiger partial charge in [0.15, 0.2) is 0 Å². The molecule has 1 aromatic carbocycles. The Balaban J connectivity index is 2.39. The maximum atomic E-state index is 10.7. The van der Waals surface area contributed by atoms with Crippen molar-refractivity contribution in [2.24, 2.45) is 0 Å². The zero-order chi connectivity index (χ0) is 13.8. The molecule has 6 heteroatoms. The van der Waals surface area contributed by atoms with Crippen LogP contribution in [0.2, 0.25) is 0 Å². The van der Waals surface area contributed by atoms with Crippen molar-refractivity contribution in [1.29, 1.82) is 5.26 Å². The van der Waals surface area contributed by atoms with E-state index in [0.29, 0.717) is 11.3 Å². The van der Waals surface area contributed by atoms with Crippen LogP contribution >= 0.6 is 0 Å². The van der Waals surface area contributed by atoms with Gasteiger partial charge >= 0.3 is 6.09 Å². The fourth-order valence-corrected chi connectivity index (χ4v) is 2.31. The Labute approximate surface area is 111 Å². The lowest BCUT2D eigenvalue weighted by Crippen LogP contribution is -2.30. The zero-order valence-corrected chi connectivity index (χ0v) is 10.5. The van der Waals surface area contributed by atoms with Gasteiger partial charge in [-0.15, -0.1) is 0 Å². The van der Waals surface area contributed by atoms with Gasteiger partial charge in [-0.3, -0.25) is 5.32 Å². The van der Waals surface area contributed by atoms with E-state index in [9.17, 15) is 10.1 Å². The summed E-state index contributed by atoms with van der Waals surface area (Å²) in [5.41, 5.74) is 7.57. The molecule has 0 aliphatic carbocycles. The molecule has 1 saturated heterocycles. The first-order valence-corrected chi connectivity index (χ1v) is 6.20. The van der Waals surface area contributed by atoms with Gasteiger partial charge in [0.25, 0.3) is 0 Å². The van der Waals surface area contributed by atoms with Crippen LogP contribution in [-0.4, -0.2) is 24.3 Å². The molecule has 0 bridgehead atoms. The Morgan fingerprint density at radius 1 is 1.37 bits per heavy atom. The molecular formula is C13H16N4O2. The summed E-state index contributed by atoms with van der Waals surface area (Å²) in [6.45, 7) is 1.76. The largest absolute Gasteiger partial charge is 0.465 e. The number of hydrogen-bond donors (Lipinski definition) is 3. The number of hydrogen-bond acceptors (Lipinski definition) is 4. The number of carbonyl (C=O) groups is 1. The molecule has 4 N–H and O–H groups in total. The predicted molar refractivity (Wildman–Crippen MR) is 73.3 cm³/mol. The van der Waals surface area contributed by atoms with Crippen molar-refractivity contribution in [2.75, 3.05) is 29.0 Å². The normalized spacial score (nSPS) is 14.8. The second-order valence-corrected chi connectivity index (χ2v) is 4.55. The molecule has 1 fully saturated rings. The van der Waals surface area contributed by atoms with E-state index in [1.165, 1.54) is 12.5 Å². The van der Waals surface area contributed by atoms with Gasteiger partial charge in [0, 0.05) is 13.1 Å². The standard InChI is InChI=1S/C13H16N4O2/c14-8-9-6-10(15)11(16-13(18)19)7-12(9)17-4-2-1-3-5-17/h6-7,16H,1-5,15H2,(H,18,19). The lowest BCUT2D eigenvalue weighted by molar-refractivity contribution is 0.210. The number of anilines is 3. The number of nitrogens with two attached hydrogens (primary N) is 1. The number of nitriles is 1. The third-order valence-corrected chi connectivity index (χ3v) is 3.23. The van der Waals surface area contributed by atoms with Crippen molar-refractivity contribution in [3.8, 4) is 6.07 Å². The number of nitrogens with one attached hydrogen (secondary N) is 1. The lowest BCUT2D eigenvalue weighted by atomic mass is 10.1. The first kappa shape index (κ1) is 13.0. The van der Waals surface area contributed by atoms with E-state index >= 15 is 0 Å². The molecule has 1 amide bonds. The highest BCUT2D eigenvalue weighted by atomic mass is 16.4. The summed E-state index contributed by atoms with van der Waals surface area (Å²) in [5.74, 6) is 0. The molecule has 0 spiro atoms. The first-order valence-electron chi connectivity index (χ1n) is 6.20. The van der Waals surface area contributed by atoms with Gasteiger partial charge in [-0.2, -0.15) is 5.26 Å². The molecule has 6 nitrogen and oxygen atoms in total. The van der Waals surface area contributed by atoms with Crippen LogP contribution in [0.4, 0.5) is 21.9 Å². The fourth-order valence-electron chi connectivity index (χ4n) is 2.31. The Bertz CT molecular complexity index is 530. The molecule has 0 atom stereocenters. The summed E-state index contributed by atoms with van der Waals surface area (Å²) in [4.78, 5) is 12.8. The van der Waals surface area contributed by atoms with Gasteiger partial charge in [0.2, 0.25) is 0 Å². The highest BCUT2D eigenvalue weighted by Gasteiger charge is 2.17. The fraction of sp³-hybridized carbons (Fsp3) is 0.385. The predicted octanol–water partition coefficient (Wildman–Crippen LogP) is 2.22. The van der Waals surface area contributed by atoms with Gasteiger partial charge < -0.3 is 15.7 Å². The van der Waals surface area contributed by atoms with E-state index in [1.807, 2.05) is 0 Å². The van der Waals surface area contributed by atoms with Crippen LogP contribution in [0.3, 0.4) is 0 Å². The number of benzene rings is 1. The summed E-state index contributed by atoms with van der Waals surface area (Å²) in [5, 5.41) is 20.2. The number of rotatable bonds is 2. The summed E-state index contributed by atoms with van der Waals surface area (Å²) in [7, 11) is 0. The second-order valence-electron chi connectivity index (χ2n) is 4.55.